The zero-order chi connectivity index (χ0) is 12.4. The van der Waals surface area contributed by atoms with Crippen molar-refractivity contribution in [1.82, 2.24) is 9.78 Å². The van der Waals surface area contributed by atoms with Gasteiger partial charge in [-0.05, 0) is 25.1 Å². The van der Waals surface area contributed by atoms with E-state index in [9.17, 15) is 9.18 Å². The highest BCUT2D eigenvalue weighted by Crippen LogP contribution is 2.30. The molecule has 0 fully saturated rings. The molecule has 17 heavy (non-hydrogen) atoms. The van der Waals surface area contributed by atoms with Gasteiger partial charge in [-0.1, -0.05) is 11.8 Å². The Balaban J connectivity index is 2.35. The number of carbonyl (C=O) groups is 1. The molecule has 0 unspecified atom stereocenters. The van der Waals surface area contributed by atoms with Gasteiger partial charge in [0.1, 0.15) is 5.82 Å². The summed E-state index contributed by atoms with van der Waals surface area (Å²) in [5.74, 6) is -0.540. The second-order valence-corrected chi connectivity index (χ2v) is 4.76. The Morgan fingerprint density at radius 3 is 2.82 bits per heavy atom. The molecule has 0 saturated carbocycles. The third kappa shape index (κ3) is 2.74. The van der Waals surface area contributed by atoms with Crippen molar-refractivity contribution in [2.75, 3.05) is 0 Å². The van der Waals surface area contributed by atoms with Crippen LogP contribution in [0.5, 0.6) is 0 Å². The molecule has 0 aliphatic heterocycles. The standard InChI is InChI=1S/C12H11FN2OS/c1-8(16)11-5-9(13)3-4-12(11)17-10-6-14-15(2)7-10/h3-7H,1-2H3. The minimum absolute atomic E-state index is 0.143. The van der Waals surface area contributed by atoms with Crippen molar-refractivity contribution in [2.45, 2.75) is 16.7 Å². The number of ketones is 1. The molecule has 0 atom stereocenters. The maximum atomic E-state index is 13.1. The minimum Gasteiger partial charge on any atom is -0.294 e. The van der Waals surface area contributed by atoms with E-state index in [0.717, 1.165) is 9.79 Å². The third-order valence-electron chi connectivity index (χ3n) is 2.23. The van der Waals surface area contributed by atoms with Gasteiger partial charge in [0.05, 0.1) is 11.1 Å². The molecule has 0 radical (unpaired) electrons. The smallest absolute Gasteiger partial charge is 0.161 e. The molecule has 1 heterocycles. The van der Waals surface area contributed by atoms with Crippen LogP contribution in [0.2, 0.25) is 0 Å². The van der Waals surface area contributed by atoms with Crippen LogP contribution in [0.25, 0.3) is 0 Å². The Bertz CT molecular complexity index is 565. The quantitative estimate of drug-likeness (QED) is 0.786. The Labute approximate surface area is 103 Å². The molecule has 0 bridgehead atoms. The molecule has 2 rings (SSSR count). The number of nitrogens with zero attached hydrogens (tertiary/aromatic N) is 2. The van der Waals surface area contributed by atoms with Crippen LogP contribution in [0, 0.1) is 5.82 Å². The lowest BCUT2D eigenvalue weighted by Crippen LogP contribution is -1.96. The first-order chi connectivity index (χ1) is 8.06. The Kier molecular flexibility index (Phi) is 3.28. The molecule has 5 heteroatoms. The lowest BCUT2D eigenvalue weighted by Gasteiger charge is -2.04. The average Bonchev–Trinajstić information content (AvgIpc) is 2.66. The van der Waals surface area contributed by atoms with E-state index in [1.54, 1.807) is 16.9 Å². The molecule has 0 amide bonds. The van der Waals surface area contributed by atoms with Crippen LogP contribution < -0.4 is 0 Å². The fraction of sp³-hybridized carbons (Fsp3) is 0.167. The van der Waals surface area contributed by atoms with Crippen molar-refractivity contribution in [2.24, 2.45) is 7.05 Å². The van der Waals surface area contributed by atoms with E-state index in [1.807, 2.05) is 13.2 Å². The second-order valence-electron chi connectivity index (χ2n) is 3.65. The van der Waals surface area contributed by atoms with E-state index in [0.29, 0.717) is 5.56 Å². The van der Waals surface area contributed by atoms with Gasteiger partial charge in [-0.2, -0.15) is 5.10 Å². The fourth-order valence-corrected chi connectivity index (χ4v) is 2.45. The van der Waals surface area contributed by atoms with Crippen molar-refractivity contribution in [3.63, 3.8) is 0 Å². The predicted octanol–water partition coefficient (Wildman–Crippen LogP) is 2.91. The van der Waals surface area contributed by atoms with Gasteiger partial charge in [0, 0.05) is 23.7 Å². The van der Waals surface area contributed by atoms with Gasteiger partial charge >= 0.3 is 0 Å². The first-order valence-electron chi connectivity index (χ1n) is 5.03. The monoisotopic (exact) mass is 250 g/mol. The Hall–Kier alpha value is -1.62. The third-order valence-corrected chi connectivity index (χ3v) is 3.25. The molecule has 1 aromatic carbocycles. The normalized spacial score (nSPS) is 10.5. The van der Waals surface area contributed by atoms with Gasteiger partial charge in [-0.25, -0.2) is 4.39 Å². The van der Waals surface area contributed by atoms with Crippen molar-refractivity contribution < 1.29 is 9.18 Å². The van der Waals surface area contributed by atoms with E-state index in [1.165, 1.54) is 30.8 Å². The first kappa shape index (κ1) is 11.9. The van der Waals surface area contributed by atoms with Crippen molar-refractivity contribution in [1.29, 1.82) is 0 Å². The molecule has 88 valence electrons. The molecule has 0 aliphatic carbocycles. The summed E-state index contributed by atoms with van der Waals surface area (Å²) in [6.07, 6.45) is 3.55. The SMILES string of the molecule is CC(=O)c1cc(F)ccc1Sc1cnn(C)c1. The number of hydrogen-bond acceptors (Lipinski definition) is 3. The summed E-state index contributed by atoms with van der Waals surface area (Å²) in [6, 6.07) is 4.23. The van der Waals surface area contributed by atoms with Crippen LogP contribution in [0.15, 0.2) is 40.4 Å². The van der Waals surface area contributed by atoms with Crippen LogP contribution in [-0.2, 0) is 7.05 Å². The van der Waals surface area contributed by atoms with Crippen molar-refractivity contribution in [3.05, 3.63) is 42.0 Å². The lowest BCUT2D eigenvalue weighted by molar-refractivity contribution is 0.101. The van der Waals surface area contributed by atoms with E-state index < -0.39 is 5.82 Å². The van der Waals surface area contributed by atoms with Crippen LogP contribution in [0.3, 0.4) is 0 Å². The van der Waals surface area contributed by atoms with Gasteiger partial charge in [-0.15, -0.1) is 0 Å². The fourth-order valence-electron chi connectivity index (χ4n) is 1.44. The number of hydrogen-bond donors (Lipinski definition) is 0. The van der Waals surface area contributed by atoms with E-state index in [2.05, 4.69) is 5.10 Å². The number of halogens is 1. The van der Waals surface area contributed by atoms with E-state index >= 15 is 0 Å². The average molecular weight is 250 g/mol. The molecular formula is C12H11FN2OS. The van der Waals surface area contributed by atoms with Gasteiger partial charge in [0.2, 0.25) is 0 Å². The van der Waals surface area contributed by atoms with Crippen molar-refractivity contribution in [3.8, 4) is 0 Å². The topological polar surface area (TPSA) is 34.9 Å². The number of aromatic nitrogens is 2. The number of aryl methyl sites for hydroxylation is 1. The molecule has 3 nitrogen and oxygen atoms in total. The van der Waals surface area contributed by atoms with E-state index in [-0.39, 0.29) is 5.78 Å². The number of benzene rings is 1. The molecule has 2 aromatic rings. The summed E-state index contributed by atoms with van der Waals surface area (Å²) in [6.45, 7) is 1.43. The molecule has 0 aliphatic rings. The maximum absolute atomic E-state index is 13.1. The zero-order valence-electron chi connectivity index (χ0n) is 9.48. The van der Waals surface area contributed by atoms with Gasteiger partial charge in [-0.3, -0.25) is 9.48 Å². The van der Waals surface area contributed by atoms with Gasteiger partial charge in [0.15, 0.2) is 5.78 Å². The summed E-state index contributed by atoms with van der Waals surface area (Å²) in [4.78, 5) is 13.1. The van der Waals surface area contributed by atoms with E-state index in [4.69, 9.17) is 0 Å². The predicted molar refractivity (Wildman–Crippen MR) is 63.7 cm³/mol. The van der Waals surface area contributed by atoms with Crippen LogP contribution in [0.4, 0.5) is 4.39 Å². The summed E-state index contributed by atoms with van der Waals surface area (Å²) in [5.41, 5.74) is 0.402. The van der Waals surface area contributed by atoms with Crippen LogP contribution in [0.1, 0.15) is 17.3 Å². The number of Topliss-reactive ketones (excluding diaryl/α,β-unsaturated/α-hetero) is 1. The zero-order valence-corrected chi connectivity index (χ0v) is 10.3. The minimum atomic E-state index is -0.397. The molecule has 1 aromatic heterocycles. The maximum Gasteiger partial charge on any atom is 0.161 e. The summed E-state index contributed by atoms with van der Waals surface area (Å²) in [7, 11) is 1.82. The summed E-state index contributed by atoms with van der Waals surface area (Å²) >= 11 is 1.40. The van der Waals surface area contributed by atoms with Gasteiger partial charge in [0.25, 0.3) is 0 Å². The summed E-state index contributed by atoms with van der Waals surface area (Å²) in [5, 5.41) is 4.04. The highest BCUT2D eigenvalue weighted by molar-refractivity contribution is 7.99. The largest absolute Gasteiger partial charge is 0.294 e. The van der Waals surface area contributed by atoms with Crippen molar-refractivity contribution >= 4 is 17.5 Å². The number of carbonyl (C=O) groups excluding carboxylic acids is 1. The first-order valence-corrected chi connectivity index (χ1v) is 5.85. The second kappa shape index (κ2) is 4.71. The number of rotatable bonds is 3. The lowest BCUT2D eigenvalue weighted by atomic mass is 10.1. The van der Waals surface area contributed by atoms with Crippen LogP contribution in [-0.4, -0.2) is 15.6 Å². The molecular weight excluding hydrogens is 239 g/mol. The summed E-state index contributed by atoms with van der Waals surface area (Å²) < 4.78 is 14.8. The molecule has 0 N–H and O–H groups in total. The Morgan fingerprint density at radius 2 is 2.24 bits per heavy atom. The highest BCUT2D eigenvalue weighted by Gasteiger charge is 2.10. The highest BCUT2D eigenvalue weighted by atomic mass is 32.2. The van der Waals surface area contributed by atoms with Gasteiger partial charge < -0.3 is 0 Å². The molecule has 0 saturated heterocycles. The Morgan fingerprint density at radius 1 is 1.47 bits per heavy atom. The van der Waals surface area contributed by atoms with Crippen LogP contribution >= 0.6 is 11.8 Å². The molecule has 0 spiro atoms.